The van der Waals surface area contributed by atoms with Gasteiger partial charge in [0, 0.05) is 13.1 Å². The molecule has 4 nitrogen and oxygen atoms in total. The number of methoxy groups -OCH3 is 1. The van der Waals surface area contributed by atoms with Gasteiger partial charge in [-0.1, -0.05) is 12.1 Å². The maximum absolute atomic E-state index is 10.9. The molecule has 17 heavy (non-hydrogen) atoms. The summed E-state index contributed by atoms with van der Waals surface area (Å²) in [6.45, 7) is 1.55. The average molecular weight is 235 g/mol. The maximum Gasteiger partial charge on any atom is 0.306 e. The van der Waals surface area contributed by atoms with Gasteiger partial charge in [-0.3, -0.25) is 4.79 Å². The highest BCUT2D eigenvalue weighted by Crippen LogP contribution is 2.31. The van der Waals surface area contributed by atoms with Crippen molar-refractivity contribution in [1.82, 2.24) is 0 Å². The van der Waals surface area contributed by atoms with E-state index in [2.05, 4.69) is 4.90 Å². The summed E-state index contributed by atoms with van der Waals surface area (Å²) in [7, 11) is 1.66. The van der Waals surface area contributed by atoms with Crippen molar-refractivity contribution in [1.29, 1.82) is 0 Å². The molecule has 0 atom stereocenters. The Morgan fingerprint density at radius 2 is 2.00 bits per heavy atom. The first-order valence-corrected chi connectivity index (χ1v) is 5.83. The number of anilines is 1. The fourth-order valence-electron chi connectivity index (χ4n) is 2.26. The lowest BCUT2D eigenvalue weighted by molar-refractivity contribution is -0.142. The van der Waals surface area contributed by atoms with Crippen LogP contribution >= 0.6 is 0 Å². The highest BCUT2D eigenvalue weighted by molar-refractivity contribution is 5.70. The normalized spacial score (nSPS) is 16.9. The second-order valence-corrected chi connectivity index (χ2v) is 4.27. The van der Waals surface area contributed by atoms with Gasteiger partial charge < -0.3 is 14.7 Å². The highest BCUT2D eigenvalue weighted by Gasteiger charge is 2.25. The Morgan fingerprint density at radius 1 is 1.35 bits per heavy atom. The minimum atomic E-state index is -0.676. The molecule has 1 aliphatic rings. The summed E-state index contributed by atoms with van der Waals surface area (Å²) in [6.07, 6.45) is 1.40. The van der Waals surface area contributed by atoms with E-state index in [0.717, 1.165) is 24.5 Å². The molecule has 0 unspecified atom stereocenters. The SMILES string of the molecule is COc1ccccc1N1CCC(C(=O)O)CC1. The molecular weight excluding hydrogens is 218 g/mol. The number of piperidine rings is 1. The Hall–Kier alpha value is -1.71. The molecule has 1 N–H and O–H groups in total. The molecule has 0 aliphatic carbocycles. The van der Waals surface area contributed by atoms with E-state index in [1.807, 2.05) is 24.3 Å². The van der Waals surface area contributed by atoms with Crippen LogP contribution in [0.1, 0.15) is 12.8 Å². The molecule has 0 saturated carbocycles. The van der Waals surface area contributed by atoms with E-state index < -0.39 is 5.97 Å². The van der Waals surface area contributed by atoms with Crippen LogP contribution in [0, 0.1) is 5.92 Å². The number of nitrogens with zero attached hydrogens (tertiary/aromatic N) is 1. The number of para-hydroxylation sites is 2. The smallest absolute Gasteiger partial charge is 0.306 e. The van der Waals surface area contributed by atoms with Crippen molar-refractivity contribution >= 4 is 11.7 Å². The Balaban J connectivity index is 2.07. The molecule has 2 rings (SSSR count). The van der Waals surface area contributed by atoms with Crippen LogP contribution in [0.3, 0.4) is 0 Å². The topological polar surface area (TPSA) is 49.8 Å². The fraction of sp³-hybridized carbons (Fsp3) is 0.462. The standard InChI is InChI=1S/C13H17NO3/c1-17-12-5-3-2-4-11(12)14-8-6-10(7-9-14)13(15)16/h2-5,10H,6-9H2,1H3,(H,15,16). The molecule has 1 heterocycles. The third kappa shape index (κ3) is 2.52. The number of benzene rings is 1. The molecule has 0 amide bonds. The Bertz CT molecular complexity index is 397. The van der Waals surface area contributed by atoms with Crippen LogP contribution in [-0.2, 0) is 4.79 Å². The molecule has 0 bridgehead atoms. The van der Waals surface area contributed by atoms with Gasteiger partial charge in [-0.05, 0) is 25.0 Å². The monoisotopic (exact) mass is 235 g/mol. The first kappa shape index (κ1) is 11.8. The Morgan fingerprint density at radius 3 is 2.59 bits per heavy atom. The van der Waals surface area contributed by atoms with Crippen LogP contribution in [0.25, 0.3) is 0 Å². The zero-order valence-corrected chi connectivity index (χ0v) is 9.93. The predicted octanol–water partition coefficient (Wildman–Crippen LogP) is 2.00. The van der Waals surface area contributed by atoms with Crippen LogP contribution in [0.2, 0.25) is 0 Å². The summed E-state index contributed by atoms with van der Waals surface area (Å²) < 4.78 is 5.31. The van der Waals surface area contributed by atoms with E-state index in [9.17, 15) is 4.79 Å². The van der Waals surface area contributed by atoms with E-state index in [-0.39, 0.29) is 5.92 Å². The number of carboxylic acid groups (broad SMARTS) is 1. The lowest BCUT2D eigenvalue weighted by Crippen LogP contribution is -2.36. The first-order chi connectivity index (χ1) is 8.22. The molecule has 1 aromatic carbocycles. The van der Waals surface area contributed by atoms with Gasteiger partial charge in [0.25, 0.3) is 0 Å². The van der Waals surface area contributed by atoms with Crippen LogP contribution in [0.4, 0.5) is 5.69 Å². The number of rotatable bonds is 3. The lowest BCUT2D eigenvalue weighted by atomic mass is 9.96. The van der Waals surface area contributed by atoms with Gasteiger partial charge in [-0.2, -0.15) is 0 Å². The van der Waals surface area contributed by atoms with Crippen LogP contribution < -0.4 is 9.64 Å². The van der Waals surface area contributed by atoms with Gasteiger partial charge in [0.2, 0.25) is 0 Å². The predicted molar refractivity (Wildman–Crippen MR) is 65.6 cm³/mol. The Kier molecular flexibility index (Phi) is 3.52. The minimum absolute atomic E-state index is 0.194. The van der Waals surface area contributed by atoms with E-state index in [1.54, 1.807) is 7.11 Å². The summed E-state index contributed by atoms with van der Waals surface area (Å²) in [6, 6.07) is 7.85. The molecule has 4 heteroatoms. The van der Waals surface area contributed by atoms with E-state index in [0.29, 0.717) is 12.8 Å². The van der Waals surface area contributed by atoms with Crippen LogP contribution in [0.5, 0.6) is 5.75 Å². The summed E-state index contributed by atoms with van der Waals surface area (Å²) in [5.74, 6) is -0.0214. The van der Waals surface area contributed by atoms with E-state index >= 15 is 0 Å². The van der Waals surface area contributed by atoms with E-state index in [1.165, 1.54) is 0 Å². The maximum atomic E-state index is 10.9. The largest absolute Gasteiger partial charge is 0.495 e. The zero-order valence-electron chi connectivity index (χ0n) is 9.93. The van der Waals surface area contributed by atoms with Crippen molar-refractivity contribution in [2.45, 2.75) is 12.8 Å². The third-order valence-electron chi connectivity index (χ3n) is 3.27. The first-order valence-electron chi connectivity index (χ1n) is 5.83. The molecule has 92 valence electrons. The molecular formula is C13H17NO3. The summed E-state index contributed by atoms with van der Waals surface area (Å²) in [5, 5.41) is 8.95. The molecule has 0 spiro atoms. The molecule has 0 radical (unpaired) electrons. The van der Waals surface area contributed by atoms with E-state index in [4.69, 9.17) is 9.84 Å². The molecule has 1 aliphatic heterocycles. The summed E-state index contributed by atoms with van der Waals surface area (Å²) in [5.41, 5.74) is 1.05. The van der Waals surface area contributed by atoms with Crippen LogP contribution in [0.15, 0.2) is 24.3 Å². The molecule has 1 aromatic rings. The Labute approximate surface area is 101 Å². The summed E-state index contributed by atoms with van der Waals surface area (Å²) >= 11 is 0. The average Bonchev–Trinajstić information content (AvgIpc) is 2.39. The number of hydrogen-bond donors (Lipinski definition) is 1. The van der Waals surface area contributed by atoms with Crippen molar-refractivity contribution in [3.63, 3.8) is 0 Å². The number of carboxylic acids is 1. The minimum Gasteiger partial charge on any atom is -0.495 e. The van der Waals surface area contributed by atoms with Crippen molar-refractivity contribution in [3.05, 3.63) is 24.3 Å². The molecule has 1 saturated heterocycles. The highest BCUT2D eigenvalue weighted by atomic mass is 16.5. The molecule has 1 fully saturated rings. The van der Waals surface area contributed by atoms with Gasteiger partial charge in [-0.25, -0.2) is 0 Å². The number of carbonyl (C=O) groups is 1. The second-order valence-electron chi connectivity index (χ2n) is 4.27. The second kappa shape index (κ2) is 5.08. The van der Waals surface area contributed by atoms with Crippen molar-refractivity contribution < 1.29 is 14.6 Å². The van der Waals surface area contributed by atoms with Gasteiger partial charge in [0.1, 0.15) is 5.75 Å². The number of aliphatic carboxylic acids is 1. The quantitative estimate of drug-likeness (QED) is 0.870. The van der Waals surface area contributed by atoms with Gasteiger partial charge in [-0.15, -0.1) is 0 Å². The van der Waals surface area contributed by atoms with Gasteiger partial charge in [0.05, 0.1) is 18.7 Å². The lowest BCUT2D eigenvalue weighted by Gasteiger charge is -2.32. The van der Waals surface area contributed by atoms with Crippen molar-refractivity contribution in [3.8, 4) is 5.75 Å². The zero-order chi connectivity index (χ0) is 12.3. The van der Waals surface area contributed by atoms with Gasteiger partial charge in [0.15, 0.2) is 0 Å². The number of ether oxygens (including phenoxy) is 1. The third-order valence-corrected chi connectivity index (χ3v) is 3.27. The fourth-order valence-corrected chi connectivity index (χ4v) is 2.26. The van der Waals surface area contributed by atoms with Crippen molar-refractivity contribution in [2.75, 3.05) is 25.1 Å². The van der Waals surface area contributed by atoms with Gasteiger partial charge >= 0.3 is 5.97 Å². The molecule has 0 aromatic heterocycles. The summed E-state index contributed by atoms with van der Waals surface area (Å²) in [4.78, 5) is 13.1. The van der Waals surface area contributed by atoms with Crippen LogP contribution in [-0.4, -0.2) is 31.3 Å². The number of hydrogen-bond acceptors (Lipinski definition) is 3. The van der Waals surface area contributed by atoms with Crippen molar-refractivity contribution in [2.24, 2.45) is 5.92 Å².